The summed E-state index contributed by atoms with van der Waals surface area (Å²) in [6, 6.07) is 15.7. The first-order valence-corrected chi connectivity index (χ1v) is 6.99. The number of benzene rings is 2. The lowest BCUT2D eigenvalue weighted by Crippen LogP contribution is -2.31. The molecule has 2 aromatic carbocycles. The summed E-state index contributed by atoms with van der Waals surface area (Å²) in [6.45, 7) is 4.99. The van der Waals surface area contributed by atoms with Gasteiger partial charge >= 0.3 is 0 Å². The van der Waals surface area contributed by atoms with Gasteiger partial charge in [-0.3, -0.25) is 4.79 Å². The molecule has 4 heteroatoms. The Balaban J connectivity index is 2.32. The smallest absolute Gasteiger partial charge is 0.248 e. The van der Waals surface area contributed by atoms with E-state index in [-0.39, 0.29) is 6.04 Å². The monoisotopic (exact) mass is 283 g/mol. The van der Waals surface area contributed by atoms with Crippen LogP contribution in [0, 0.1) is 0 Å². The second kappa shape index (κ2) is 6.31. The molecule has 0 aliphatic carbocycles. The predicted molar refractivity (Wildman–Crippen MR) is 87.1 cm³/mol. The first kappa shape index (κ1) is 14.9. The molecule has 2 rings (SSSR count). The summed E-state index contributed by atoms with van der Waals surface area (Å²) >= 11 is 0. The average Bonchev–Trinajstić information content (AvgIpc) is 2.46. The van der Waals surface area contributed by atoms with Gasteiger partial charge in [-0.25, -0.2) is 0 Å². The van der Waals surface area contributed by atoms with Crippen LogP contribution in [0.3, 0.4) is 0 Å². The van der Waals surface area contributed by atoms with Gasteiger partial charge in [0.2, 0.25) is 5.91 Å². The molecule has 0 fully saturated rings. The van der Waals surface area contributed by atoms with Gasteiger partial charge in [0.15, 0.2) is 0 Å². The van der Waals surface area contributed by atoms with Crippen LogP contribution in [0.1, 0.15) is 29.8 Å². The van der Waals surface area contributed by atoms with Crippen LogP contribution in [0.4, 0.5) is 11.4 Å². The molecule has 2 aromatic rings. The molecule has 1 amide bonds. The van der Waals surface area contributed by atoms with E-state index >= 15 is 0 Å². The Kier molecular flexibility index (Phi) is 4.48. The molecule has 0 heterocycles. The molecule has 0 unspecified atom stereocenters. The van der Waals surface area contributed by atoms with Gasteiger partial charge in [-0.15, -0.1) is 0 Å². The molecule has 110 valence electrons. The summed E-state index contributed by atoms with van der Waals surface area (Å²) in [4.78, 5) is 13.4. The van der Waals surface area contributed by atoms with Crippen LogP contribution in [0.5, 0.6) is 0 Å². The third-order valence-electron chi connectivity index (χ3n) is 3.44. The number of nitrogens with two attached hydrogens (primary N) is 2. The van der Waals surface area contributed by atoms with Gasteiger partial charge in [0.05, 0.1) is 11.4 Å². The third kappa shape index (κ3) is 3.54. The minimum absolute atomic E-state index is 0.284. The highest BCUT2D eigenvalue weighted by atomic mass is 16.1. The molecule has 0 aliphatic heterocycles. The van der Waals surface area contributed by atoms with Crippen LogP contribution in [-0.4, -0.2) is 11.9 Å². The van der Waals surface area contributed by atoms with Crippen molar-refractivity contribution in [2.24, 2.45) is 5.73 Å². The fraction of sp³-hybridized carbons (Fsp3) is 0.235. The van der Waals surface area contributed by atoms with Crippen molar-refractivity contribution >= 4 is 17.3 Å². The van der Waals surface area contributed by atoms with Crippen LogP contribution in [0.25, 0.3) is 0 Å². The van der Waals surface area contributed by atoms with E-state index in [2.05, 4.69) is 30.9 Å². The van der Waals surface area contributed by atoms with E-state index in [9.17, 15) is 4.79 Å². The molecule has 21 heavy (non-hydrogen) atoms. The first-order chi connectivity index (χ1) is 9.99. The van der Waals surface area contributed by atoms with Gasteiger partial charge in [-0.2, -0.15) is 0 Å². The second-order valence-electron chi connectivity index (χ2n) is 5.35. The Bertz CT molecular complexity index is 623. The molecule has 0 saturated heterocycles. The summed E-state index contributed by atoms with van der Waals surface area (Å²) in [5.41, 5.74) is 14.5. The Morgan fingerprint density at radius 3 is 2.33 bits per heavy atom. The van der Waals surface area contributed by atoms with Crippen LogP contribution in [0.15, 0.2) is 48.5 Å². The molecule has 0 aromatic heterocycles. The summed E-state index contributed by atoms with van der Waals surface area (Å²) in [7, 11) is 0. The van der Waals surface area contributed by atoms with Crippen molar-refractivity contribution in [3.8, 4) is 0 Å². The predicted octanol–water partition coefficient (Wildman–Crippen LogP) is 2.78. The van der Waals surface area contributed by atoms with E-state index in [1.54, 1.807) is 12.1 Å². The van der Waals surface area contributed by atoms with Gasteiger partial charge in [-0.05, 0) is 37.6 Å². The highest BCUT2D eigenvalue weighted by molar-refractivity contribution is 5.94. The van der Waals surface area contributed by atoms with Crippen molar-refractivity contribution in [1.82, 2.24) is 0 Å². The molecule has 0 saturated carbocycles. The fourth-order valence-electron chi connectivity index (χ4n) is 2.30. The van der Waals surface area contributed by atoms with Crippen molar-refractivity contribution in [1.29, 1.82) is 0 Å². The lowest BCUT2D eigenvalue weighted by molar-refractivity contribution is 0.100. The molecule has 4 nitrogen and oxygen atoms in total. The van der Waals surface area contributed by atoms with Crippen molar-refractivity contribution in [3.05, 3.63) is 59.7 Å². The molecule has 0 bridgehead atoms. The van der Waals surface area contributed by atoms with Crippen molar-refractivity contribution in [2.75, 3.05) is 10.6 Å². The topological polar surface area (TPSA) is 72.3 Å². The van der Waals surface area contributed by atoms with E-state index in [0.29, 0.717) is 11.3 Å². The number of hydrogen-bond acceptors (Lipinski definition) is 3. The first-order valence-electron chi connectivity index (χ1n) is 6.99. The van der Waals surface area contributed by atoms with E-state index < -0.39 is 5.91 Å². The zero-order chi connectivity index (χ0) is 15.4. The Morgan fingerprint density at radius 1 is 1.14 bits per heavy atom. The molecular formula is C17H21N3O. The minimum Gasteiger partial charge on any atom is -0.397 e. The van der Waals surface area contributed by atoms with Crippen LogP contribution in [0.2, 0.25) is 0 Å². The van der Waals surface area contributed by atoms with Crippen LogP contribution >= 0.6 is 0 Å². The van der Waals surface area contributed by atoms with Gasteiger partial charge in [0, 0.05) is 18.2 Å². The van der Waals surface area contributed by atoms with Gasteiger partial charge in [0.1, 0.15) is 0 Å². The minimum atomic E-state index is -0.465. The number of primary amides is 1. The standard InChI is InChI=1S/C17H21N3O/c1-12(2)20(11-13-6-4-3-5-7-13)16-9-8-14(17(19)21)10-15(16)18/h3-10,12H,11,18H2,1-2H3,(H2,19,21). The molecular weight excluding hydrogens is 262 g/mol. The molecule has 0 spiro atoms. The van der Waals surface area contributed by atoms with E-state index in [4.69, 9.17) is 11.5 Å². The number of carbonyl (C=O) groups excluding carboxylic acids is 1. The maximum Gasteiger partial charge on any atom is 0.248 e. The van der Waals surface area contributed by atoms with E-state index in [0.717, 1.165) is 12.2 Å². The number of nitrogen functional groups attached to an aromatic ring is 1. The average molecular weight is 283 g/mol. The maximum absolute atomic E-state index is 11.2. The zero-order valence-electron chi connectivity index (χ0n) is 12.4. The highest BCUT2D eigenvalue weighted by Crippen LogP contribution is 2.27. The van der Waals surface area contributed by atoms with Gasteiger partial charge in [-0.1, -0.05) is 30.3 Å². The summed E-state index contributed by atoms with van der Waals surface area (Å²) in [5, 5.41) is 0. The van der Waals surface area contributed by atoms with Crippen LogP contribution in [-0.2, 0) is 6.54 Å². The molecule has 0 atom stereocenters. The van der Waals surface area contributed by atoms with Crippen molar-refractivity contribution < 1.29 is 4.79 Å². The lowest BCUT2D eigenvalue weighted by Gasteiger charge is -2.30. The normalized spacial score (nSPS) is 10.6. The number of hydrogen-bond donors (Lipinski definition) is 2. The van der Waals surface area contributed by atoms with Crippen molar-refractivity contribution in [3.63, 3.8) is 0 Å². The third-order valence-corrected chi connectivity index (χ3v) is 3.44. The summed E-state index contributed by atoms with van der Waals surface area (Å²) in [6.07, 6.45) is 0. The zero-order valence-corrected chi connectivity index (χ0v) is 12.4. The number of amides is 1. The van der Waals surface area contributed by atoms with E-state index in [1.807, 2.05) is 24.3 Å². The summed E-state index contributed by atoms with van der Waals surface area (Å²) < 4.78 is 0. The lowest BCUT2D eigenvalue weighted by atomic mass is 10.1. The highest BCUT2D eigenvalue weighted by Gasteiger charge is 2.15. The molecule has 0 aliphatic rings. The van der Waals surface area contributed by atoms with Crippen LogP contribution < -0.4 is 16.4 Å². The van der Waals surface area contributed by atoms with Crippen molar-refractivity contribution in [2.45, 2.75) is 26.4 Å². The second-order valence-corrected chi connectivity index (χ2v) is 5.35. The number of rotatable bonds is 5. The molecule has 4 N–H and O–H groups in total. The number of carbonyl (C=O) groups is 1. The fourth-order valence-corrected chi connectivity index (χ4v) is 2.30. The summed E-state index contributed by atoms with van der Waals surface area (Å²) in [5.74, 6) is -0.465. The van der Waals surface area contributed by atoms with Gasteiger partial charge in [0.25, 0.3) is 0 Å². The largest absolute Gasteiger partial charge is 0.397 e. The van der Waals surface area contributed by atoms with Gasteiger partial charge < -0.3 is 16.4 Å². The van der Waals surface area contributed by atoms with E-state index in [1.165, 1.54) is 5.56 Å². The number of nitrogens with zero attached hydrogens (tertiary/aromatic N) is 1. The Hall–Kier alpha value is -2.49. The molecule has 0 radical (unpaired) electrons. The Morgan fingerprint density at radius 2 is 1.81 bits per heavy atom. The number of anilines is 2. The maximum atomic E-state index is 11.2. The SMILES string of the molecule is CC(C)N(Cc1ccccc1)c1ccc(C(N)=O)cc1N. The quantitative estimate of drug-likeness (QED) is 0.829. The Labute approximate surface area is 125 Å².